The highest BCUT2D eigenvalue weighted by Gasteiger charge is 2.33. The first-order valence-electron chi connectivity index (χ1n) is 11.7. The molecule has 8 heteroatoms. The number of nitrogens with one attached hydrogen (secondary N) is 1. The van der Waals surface area contributed by atoms with Crippen LogP contribution in [0.5, 0.6) is 0 Å². The molecule has 0 spiro atoms. The van der Waals surface area contributed by atoms with Gasteiger partial charge in [0.15, 0.2) is 5.82 Å². The highest BCUT2D eigenvalue weighted by molar-refractivity contribution is 5.82. The molecule has 1 unspecified atom stereocenters. The van der Waals surface area contributed by atoms with Crippen molar-refractivity contribution >= 4 is 10.9 Å². The maximum Gasteiger partial charge on any atom is 0.252 e. The van der Waals surface area contributed by atoms with Crippen LogP contribution < -0.4 is 5.56 Å². The Hall–Kier alpha value is -3.26. The second kappa shape index (κ2) is 9.18. The Morgan fingerprint density at radius 1 is 1.15 bits per heavy atom. The molecular weight excluding hydrogens is 428 g/mol. The summed E-state index contributed by atoms with van der Waals surface area (Å²) in [6.45, 7) is 15.6. The van der Waals surface area contributed by atoms with Gasteiger partial charge in [0.2, 0.25) is 0 Å². The van der Waals surface area contributed by atoms with Gasteiger partial charge in [0, 0.05) is 12.1 Å². The van der Waals surface area contributed by atoms with Crippen molar-refractivity contribution in [2.24, 2.45) is 5.92 Å². The van der Waals surface area contributed by atoms with Crippen LogP contribution in [0.4, 0.5) is 0 Å². The van der Waals surface area contributed by atoms with Crippen LogP contribution in [0.1, 0.15) is 68.9 Å². The molecule has 0 bridgehead atoms. The maximum absolute atomic E-state index is 13.2. The predicted octanol–water partition coefficient (Wildman–Crippen LogP) is 4.88. The van der Waals surface area contributed by atoms with E-state index in [0.717, 1.165) is 28.1 Å². The fourth-order valence-corrected chi connectivity index (χ4v) is 4.66. The minimum atomic E-state index is -0.280. The molecule has 34 heavy (non-hydrogen) atoms. The van der Waals surface area contributed by atoms with Gasteiger partial charge in [-0.05, 0) is 86.2 Å². The summed E-state index contributed by atoms with van der Waals surface area (Å²) in [5.41, 5.74) is 3.45. The lowest BCUT2D eigenvalue weighted by Gasteiger charge is -2.34. The Kier molecular flexibility index (Phi) is 6.45. The van der Waals surface area contributed by atoms with Crippen molar-refractivity contribution < 1.29 is 4.42 Å². The maximum atomic E-state index is 13.2. The summed E-state index contributed by atoms with van der Waals surface area (Å²) in [4.78, 5) is 18.5. The van der Waals surface area contributed by atoms with Gasteiger partial charge in [0.1, 0.15) is 5.76 Å². The van der Waals surface area contributed by atoms with Gasteiger partial charge in [-0.15, -0.1) is 5.10 Å². The van der Waals surface area contributed by atoms with Gasteiger partial charge in [-0.2, -0.15) is 0 Å². The first-order valence-corrected chi connectivity index (χ1v) is 11.7. The van der Waals surface area contributed by atoms with Gasteiger partial charge in [-0.3, -0.25) is 9.69 Å². The van der Waals surface area contributed by atoms with Crippen molar-refractivity contribution in [3.05, 3.63) is 75.2 Å². The molecule has 1 aromatic carbocycles. The van der Waals surface area contributed by atoms with E-state index < -0.39 is 0 Å². The smallest absolute Gasteiger partial charge is 0.252 e. The number of rotatable bonds is 7. The summed E-state index contributed by atoms with van der Waals surface area (Å²) in [5, 5.41) is 13.8. The van der Waals surface area contributed by atoms with Crippen LogP contribution in [0, 0.1) is 19.8 Å². The van der Waals surface area contributed by atoms with Crippen molar-refractivity contribution in [1.82, 2.24) is 30.1 Å². The van der Waals surface area contributed by atoms with Crippen molar-refractivity contribution in [2.75, 3.05) is 0 Å². The fraction of sp³-hybridized carbons (Fsp3) is 0.462. The number of H-pyrrole nitrogens is 1. The average molecular weight is 463 g/mol. The predicted molar refractivity (Wildman–Crippen MR) is 132 cm³/mol. The summed E-state index contributed by atoms with van der Waals surface area (Å²) >= 11 is 0. The number of aromatic amines is 1. The van der Waals surface area contributed by atoms with Gasteiger partial charge in [-0.1, -0.05) is 25.5 Å². The van der Waals surface area contributed by atoms with E-state index in [0.29, 0.717) is 18.7 Å². The van der Waals surface area contributed by atoms with Crippen LogP contribution in [0.25, 0.3) is 10.9 Å². The van der Waals surface area contributed by atoms with Gasteiger partial charge < -0.3 is 9.40 Å². The number of hydrogen-bond acceptors (Lipinski definition) is 6. The molecule has 4 rings (SSSR count). The molecule has 0 aliphatic rings. The van der Waals surface area contributed by atoms with Gasteiger partial charge in [0.25, 0.3) is 5.56 Å². The third kappa shape index (κ3) is 4.82. The van der Waals surface area contributed by atoms with Crippen LogP contribution in [-0.2, 0) is 18.6 Å². The van der Waals surface area contributed by atoms with Crippen LogP contribution in [0.2, 0.25) is 0 Å². The molecule has 0 aliphatic carbocycles. The van der Waals surface area contributed by atoms with Crippen molar-refractivity contribution in [3.63, 3.8) is 0 Å². The highest BCUT2D eigenvalue weighted by atomic mass is 16.3. The van der Waals surface area contributed by atoms with E-state index in [1.807, 2.05) is 29.8 Å². The number of tetrazole rings is 1. The molecule has 0 aliphatic heterocycles. The summed E-state index contributed by atoms with van der Waals surface area (Å²) in [6.07, 6.45) is 1.67. The molecule has 180 valence electrons. The number of pyridine rings is 1. The fourth-order valence-electron chi connectivity index (χ4n) is 4.66. The van der Waals surface area contributed by atoms with Crippen molar-refractivity contribution in [3.8, 4) is 0 Å². The summed E-state index contributed by atoms with van der Waals surface area (Å²) in [7, 11) is 0. The zero-order valence-electron chi connectivity index (χ0n) is 21.1. The van der Waals surface area contributed by atoms with E-state index in [9.17, 15) is 4.79 Å². The average Bonchev–Trinajstić information content (AvgIpc) is 3.41. The lowest BCUT2D eigenvalue weighted by molar-refractivity contribution is 0.111. The quantitative estimate of drug-likeness (QED) is 0.421. The van der Waals surface area contributed by atoms with Gasteiger partial charge in [-0.25, -0.2) is 4.68 Å². The van der Waals surface area contributed by atoms with Crippen LogP contribution in [0.15, 0.2) is 45.8 Å². The minimum absolute atomic E-state index is 0.0817. The van der Waals surface area contributed by atoms with E-state index in [1.54, 1.807) is 6.26 Å². The normalized spacial score (nSPS) is 13.3. The van der Waals surface area contributed by atoms with E-state index in [-0.39, 0.29) is 23.1 Å². The van der Waals surface area contributed by atoms with Crippen molar-refractivity contribution in [2.45, 2.75) is 73.1 Å². The largest absolute Gasteiger partial charge is 0.468 e. The lowest BCUT2D eigenvalue weighted by Crippen LogP contribution is -2.37. The van der Waals surface area contributed by atoms with E-state index in [1.165, 1.54) is 5.56 Å². The SMILES string of the molecule is Cc1cc(C)c2[nH]c(=O)c(CN(Cc3ccco3)C(c3nnnn3C(C)(C)C)C(C)C)cc2c1. The topological polar surface area (TPSA) is 92.8 Å². The molecule has 0 saturated carbocycles. The number of aryl methyl sites for hydroxylation is 2. The third-order valence-electron chi connectivity index (χ3n) is 6.10. The third-order valence-corrected chi connectivity index (χ3v) is 6.10. The zero-order chi connectivity index (χ0) is 24.6. The van der Waals surface area contributed by atoms with Crippen LogP contribution in [0.3, 0.4) is 0 Å². The monoisotopic (exact) mass is 462 g/mol. The molecule has 0 fully saturated rings. The molecule has 3 heterocycles. The summed E-state index contributed by atoms with van der Waals surface area (Å²) in [6, 6.07) is 9.91. The Morgan fingerprint density at radius 2 is 1.91 bits per heavy atom. The Labute approximate surface area is 200 Å². The summed E-state index contributed by atoms with van der Waals surface area (Å²) in [5.74, 6) is 1.79. The second-order valence-electron chi connectivity index (χ2n) is 10.5. The number of hydrogen-bond donors (Lipinski definition) is 1. The molecule has 8 nitrogen and oxygen atoms in total. The molecular formula is C26H34N6O2. The van der Waals surface area contributed by atoms with E-state index in [4.69, 9.17) is 4.42 Å². The lowest BCUT2D eigenvalue weighted by atomic mass is 9.98. The number of fused-ring (bicyclic) bond motifs is 1. The van der Waals surface area contributed by atoms with E-state index in [2.05, 4.69) is 79.1 Å². The van der Waals surface area contributed by atoms with Crippen molar-refractivity contribution in [1.29, 1.82) is 0 Å². The van der Waals surface area contributed by atoms with Gasteiger partial charge >= 0.3 is 0 Å². The second-order valence-corrected chi connectivity index (χ2v) is 10.5. The molecule has 1 N–H and O–H groups in total. The molecule has 4 aromatic rings. The standard InChI is InChI=1S/C26H34N6O2/c1-16(2)23(24-28-29-30-32(24)26(5,6)7)31(15-21-9-8-10-34-21)14-20-13-19-12-17(3)11-18(4)22(19)27-25(20)33/h8-13,16,23H,14-15H2,1-7H3,(H,27,33). The Bertz CT molecular complexity index is 1330. The number of nitrogens with zero attached hydrogens (tertiary/aromatic N) is 5. The number of benzene rings is 1. The molecule has 0 radical (unpaired) electrons. The zero-order valence-corrected chi connectivity index (χ0v) is 21.1. The van der Waals surface area contributed by atoms with E-state index >= 15 is 0 Å². The van der Waals surface area contributed by atoms with Crippen LogP contribution >= 0.6 is 0 Å². The minimum Gasteiger partial charge on any atom is -0.468 e. The first-order chi connectivity index (χ1) is 16.0. The first kappa shape index (κ1) is 23.9. The molecule has 0 amide bonds. The van der Waals surface area contributed by atoms with Crippen LogP contribution in [-0.4, -0.2) is 30.1 Å². The van der Waals surface area contributed by atoms with Gasteiger partial charge in [0.05, 0.1) is 29.9 Å². The Balaban J connectivity index is 1.81. The molecule has 1 atom stereocenters. The number of aromatic nitrogens is 5. The molecule has 0 saturated heterocycles. The Morgan fingerprint density at radius 3 is 2.56 bits per heavy atom. The molecule has 3 aromatic heterocycles. The number of furan rings is 1. The summed E-state index contributed by atoms with van der Waals surface area (Å²) < 4.78 is 7.57. The highest BCUT2D eigenvalue weighted by Crippen LogP contribution is 2.32.